The second kappa shape index (κ2) is 41.5. The third-order valence-corrected chi connectivity index (χ3v) is 14.6. The van der Waals surface area contributed by atoms with Crippen LogP contribution in [0.15, 0.2) is 54.0 Å². The number of amides is 1. The van der Waals surface area contributed by atoms with Gasteiger partial charge < -0.3 is 35.0 Å². The fraction of sp³-hybridized carbons (Fsp3) is 0.384. The lowest BCUT2D eigenvalue weighted by Gasteiger charge is -2.41. The van der Waals surface area contributed by atoms with Crippen LogP contribution in [0.2, 0.25) is 0 Å². The van der Waals surface area contributed by atoms with Crippen LogP contribution in [0.1, 0.15) is 103 Å². The van der Waals surface area contributed by atoms with Crippen LogP contribution in [0.25, 0.3) is 0 Å². The van der Waals surface area contributed by atoms with Crippen molar-refractivity contribution in [3.05, 3.63) is 105 Å². The van der Waals surface area contributed by atoms with Crippen molar-refractivity contribution >= 4 is 63.0 Å². The molecule has 0 saturated carbocycles. The van der Waals surface area contributed by atoms with Crippen molar-refractivity contribution < 1.29 is 14.3 Å². The molecule has 0 aliphatic carbocycles. The second-order valence-electron chi connectivity index (χ2n) is 21.0. The Morgan fingerprint density at radius 3 is 1.45 bits per heavy atom. The number of nitrogens with one attached hydrogen (secondary N) is 2. The Kier molecular flexibility index (Phi) is 33.3. The van der Waals surface area contributed by atoms with Gasteiger partial charge in [0, 0.05) is 156 Å². The summed E-state index contributed by atoms with van der Waals surface area (Å²) in [5.74, 6) is 57.8. The van der Waals surface area contributed by atoms with Crippen LogP contribution in [-0.2, 0) is 40.5 Å². The van der Waals surface area contributed by atoms with Gasteiger partial charge in [0.15, 0.2) is 5.96 Å². The fourth-order valence-electron chi connectivity index (χ4n) is 9.88. The fourth-order valence-corrected chi connectivity index (χ4v) is 9.88. The number of esters is 1. The zero-order valence-corrected chi connectivity index (χ0v) is 58.1. The van der Waals surface area contributed by atoms with Gasteiger partial charge in [0.2, 0.25) is 5.91 Å². The summed E-state index contributed by atoms with van der Waals surface area (Å²) in [5, 5.41) is 6.65. The summed E-state index contributed by atoms with van der Waals surface area (Å²) in [6.07, 6.45) is 10.9. The molecule has 4 aromatic rings. The maximum Gasteiger partial charge on any atom is 0.306 e. The molecule has 10 heterocycles. The number of aliphatic imine (C=N–C) groups is 1. The number of aromatic nitrogens is 4. The van der Waals surface area contributed by atoms with E-state index in [0.717, 1.165) is 87.6 Å². The summed E-state index contributed by atoms with van der Waals surface area (Å²) >= 11 is 0. The zero-order valence-electron chi connectivity index (χ0n) is 53.7. The molecule has 6 aliphatic heterocycles. The highest BCUT2D eigenvalue weighted by Gasteiger charge is 2.34. The van der Waals surface area contributed by atoms with E-state index in [-0.39, 0.29) is 18.9 Å². The van der Waals surface area contributed by atoms with Crippen molar-refractivity contribution in [2.24, 2.45) is 16.8 Å². The molecule has 0 radical (unpaired) electrons. The summed E-state index contributed by atoms with van der Waals surface area (Å²) in [7, 11) is 7.94. The van der Waals surface area contributed by atoms with E-state index in [0.29, 0.717) is 37.8 Å². The molecule has 3 unspecified atom stereocenters. The van der Waals surface area contributed by atoms with Crippen LogP contribution in [0.5, 0.6) is 0 Å². The topological polar surface area (TPSA) is 144 Å². The monoisotopic (exact) mass is 1280 g/mol. The number of nitrogens with zero attached hydrogens (tertiary/aromatic N) is 9. The minimum atomic E-state index is -0.0849. The number of ether oxygens (including phenoxy) is 1. The van der Waals surface area contributed by atoms with Crippen molar-refractivity contribution in [2.45, 2.75) is 114 Å². The van der Waals surface area contributed by atoms with Crippen LogP contribution in [0, 0.1) is 184 Å². The van der Waals surface area contributed by atoms with Gasteiger partial charge in [0.25, 0.3) is 0 Å². The first-order valence-electron chi connectivity index (χ1n) is 29.9. The summed E-state index contributed by atoms with van der Waals surface area (Å²) < 4.78 is 4.92. The largest absolute Gasteiger partial charge is 0.466 e. The standard InChI is InChI=1S/C24H6.C20H24N4O.C12H16N2O2.C10H14N2.C7H13N3.H6P4/c1-3-5-7-9-11-13-15-17-19-21-23-24-22-20-18-16-14-12-10-8-6-4-2;1-13-14(2)22-15(3)19-12-24(11-18(13)19)20(25)7-16-9-23(10-16)17-5-4-6-21-8-17;1-2-16-12(15)6-10-8-14(9-10)11-4-3-5-13-7-11;1-6-7(2)12-8(3)10-5-11-4-9(6)10;1-3-8-7-9-4-2-6-10(7)5-1;1-4(2)3/h1-2H3;4-6,8,16H,7,9-12H2,1-3H3;3-5,7,10H,2,6,8-9H2,1H3;11H,4-5H2,1-3H3;1-6H2,(H,8,9);1-3H2. The summed E-state index contributed by atoms with van der Waals surface area (Å²) in [6, 6.07) is 7.99. The molecular formula is C73H79N11O3P4. The Balaban J connectivity index is 0.000000210. The molecule has 0 aromatic carbocycles. The number of rotatable bonds is 7. The summed E-state index contributed by atoms with van der Waals surface area (Å²) in [5.41, 5.74) is 14.8. The number of anilines is 2. The first kappa shape index (κ1) is 73.0. The minimum Gasteiger partial charge on any atom is -0.466 e. The minimum absolute atomic E-state index is 0.0849. The number of fused-ring (bicyclic) bond motifs is 3. The average Bonchev–Trinajstić information content (AvgIpc) is 1.78. The molecule has 464 valence electrons. The van der Waals surface area contributed by atoms with E-state index < -0.39 is 0 Å². The van der Waals surface area contributed by atoms with Crippen molar-refractivity contribution in [1.82, 2.24) is 40.4 Å². The molecule has 14 nitrogen and oxygen atoms in total. The predicted octanol–water partition coefficient (Wildman–Crippen LogP) is 8.80. The molecule has 3 saturated heterocycles. The highest BCUT2D eigenvalue weighted by Crippen LogP contribution is 2.60. The lowest BCUT2D eigenvalue weighted by atomic mass is 9.95. The van der Waals surface area contributed by atoms with Gasteiger partial charge in [-0.1, -0.05) is 11.8 Å². The van der Waals surface area contributed by atoms with Gasteiger partial charge in [-0.2, -0.15) is 0 Å². The van der Waals surface area contributed by atoms with E-state index in [1.54, 1.807) is 26.2 Å². The molecule has 4 aromatic heterocycles. The van der Waals surface area contributed by atoms with Crippen LogP contribution in [-0.4, -0.2) is 107 Å². The SMILES string of the molecule is C1CN=C2NCCCN2C1.CC#CC#CC#CC#CC#CC#CC#CC#CC#CC#CC#CC.CCOC(=O)CC1CN(c2cccnc2)C1.Cc1nc(C)c2c(c1C)CN(C(=O)CC1CN(c3cccnc3)C1)C2.Cc1nc(C)c2c(c1C)CNC2.PP(P)P. The third-order valence-electron chi connectivity index (χ3n) is 14.6. The molecule has 3 atom stereocenters. The van der Waals surface area contributed by atoms with E-state index in [1.165, 1.54) is 70.7 Å². The number of carbonyl (C=O) groups is 2. The highest BCUT2D eigenvalue weighted by molar-refractivity contribution is 8.65. The Hall–Kier alpha value is -8.75. The zero-order chi connectivity index (χ0) is 65.6. The Morgan fingerprint density at radius 2 is 1.00 bits per heavy atom. The molecule has 18 heteroatoms. The molecule has 1 amide bonds. The first-order chi connectivity index (χ1) is 44.1. The van der Waals surface area contributed by atoms with Crippen LogP contribution < -0.4 is 20.4 Å². The van der Waals surface area contributed by atoms with Crippen LogP contribution in [0.3, 0.4) is 0 Å². The smallest absolute Gasteiger partial charge is 0.306 e. The third kappa shape index (κ3) is 26.3. The highest BCUT2D eigenvalue weighted by atomic mass is 32.7. The molecule has 2 N–H and O–H groups in total. The Bertz CT molecular complexity index is 3860. The maximum atomic E-state index is 12.7. The molecule has 6 aliphatic rings. The normalized spacial score (nSPS) is 13.5. The van der Waals surface area contributed by atoms with Crippen molar-refractivity contribution in [3.63, 3.8) is 0 Å². The van der Waals surface area contributed by atoms with E-state index in [2.05, 4.69) is 255 Å². The van der Waals surface area contributed by atoms with Crippen LogP contribution in [0.4, 0.5) is 11.4 Å². The molecule has 0 bridgehead atoms. The molecule has 91 heavy (non-hydrogen) atoms. The molecule has 0 spiro atoms. The van der Waals surface area contributed by atoms with Gasteiger partial charge >= 0.3 is 5.97 Å². The van der Waals surface area contributed by atoms with Crippen molar-refractivity contribution in [1.29, 1.82) is 0 Å². The molecule has 10 rings (SSSR count). The quantitative estimate of drug-likeness (QED) is 0.104. The first-order valence-corrected chi connectivity index (χ1v) is 36.1. The van der Waals surface area contributed by atoms with Crippen molar-refractivity contribution in [2.75, 3.05) is 68.8 Å². The molecule has 3 fully saturated rings. The van der Waals surface area contributed by atoms with Gasteiger partial charge in [-0.25, -0.2) is 0 Å². The van der Waals surface area contributed by atoms with Crippen molar-refractivity contribution in [3.8, 4) is 130 Å². The summed E-state index contributed by atoms with van der Waals surface area (Å²) in [6.45, 7) is 30.1. The maximum absolute atomic E-state index is 12.7. The number of aryl methyl sites for hydroxylation is 4. The van der Waals surface area contributed by atoms with E-state index in [1.807, 2.05) is 42.4 Å². The van der Waals surface area contributed by atoms with Crippen LogP contribution >= 0.6 is 33.8 Å². The van der Waals surface area contributed by atoms with E-state index in [9.17, 15) is 9.59 Å². The number of hydrogen-bond donors (Lipinski definition) is 2. The predicted molar refractivity (Wildman–Crippen MR) is 381 cm³/mol. The summed E-state index contributed by atoms with van der Waals surface area (Å²) in [4.78, 5) is 54.6. The molecular weight excluding hydrogens is 1200 g/mol. The van der Waals surface area contributed by atoms with E-state index in [4.69, 9.17) is 4.74 Å². The van der Waals surface area contributed by atoms with Gasteiger partial charge in [-0.15, -0.1) is 26.8 Å². The number of pyridine rings is 4. The lowest BCUT2D eigenvalue weighted by molar-refractivity contribution is -0.144. The Morgan fingerprint density at radius 1 is 0.571 bits per heavy atom. The Labute approximate surface area is 549 Å². The average molecular weight is 1280 g/mol. The number of guanidine groups is 1. The van der Waals surface area contributed by atoms with Gasteiger partial charge in [0.1, 0.15) is 0 Å². The van der Waals surface area contributed by atoms with Gasteiger partial charge in [-0.3, -0.25) is 34.5 Å². The number of carbonyl (C=O) groups excluding carboxylic acids is 2. The second-order valence-corrected chi connectivity index (χ2v) is 32.7. The van der Waals surface area contributed by atoms with Gasteiger partial charge in [0.05, 0.1) is 36.8 Å². The van der Waals surface area contributed by atoms with Gasteiger partial charge in [-0.05, 0) is 235 Å². The lowest BCUT2D eigenvalue weighted by Crippen LogP contribution is -2.49. The number of hydrogen-bond acceptors (Lipinski definition) is 13. The van der Waals surface area contributed by atoms with E-state index >= 15 is 0 Å².